The number of fused-ring (bicyclic) bond motifs is 1. The van der Waals surface area contributed by atoms with Gasteiger partial charge < -0.3 is 20.1 Å². The van der Waals surface area contributed by atoms with Crippen LogP contribution in [-0.4, -0.2) is 70.1 Å². The molecule has 0 radical (unpaired) electrons. The number of aliphatic hydroxyl groups excluding tert-OH is 1. The normalized spacial score (nSPS) is 34.3. The standard InChI is InChI=1S/C22H36N2O5S/c1-4-6-10-23-19(26)18-22-14(3)13-15(30-22)16(21(28)29-5-2)17(22)20(27)24(18)11-8-7-9-12-25/h14-18,25H,4-13H2,1-3H3,(H,23,26)/t14?,15-,16+,17+,18?,22?/m1/s1. The molecule has 7 nitrogen and oxygen atoms in total. The van der Waals surface area contributed by atoms with Crippen LogP contribution in [0.1, 0.15) is 59.3 Å². The van der Waals surface area contributed by atoms with E-state index in [-0.39, 0.29) is 35.6 Å². The highest BCUT2D eigenvalue weighted by Crippen LogP contribution is 2.68. The highest BCUT2D eigenvalue weighted by atomic mass is 32.2. The van der Waals surface area contributed by atoms with Crippen molar-refractivity contribution in [3.05, 3.63) is 0 Å². The van der Waals surface area contributed by atoms with Gasteiger partial charge in [0.25, 0.3) is 0 Å². The van der Waals surface area contributed by atoms with E-state index in [1.165, 1.54) is 0 Å². The fraction of sp³-hybridized carbons (Fsp3) is 0.864. The molecule has 0 aromatic rings. The molecule has 0 aromatic heterocycles. The molecule has 0 aliphatic carbocycles. The topological polar surface area (TPSA) is 95.9 Å². The Labute approximate surface area is 183 Å². The number of rotatable bonds is 11. The first-order valence-electron chi connectivity index (χ1n) is 11.5. The predicted molar refractivity (Wildman–Crippen MR) is 116 cm³/mol. The van der Waals surface area contributed by atoms with Crippen molar-refractivity contribution < 1.29 is 24.2 Å². The fourth-order valence-corrected chi connectivity index (χ4v) is 8.03. The zero-order valence-corrected chi connectivity index (χ0v) is 19.2. The van der Waals surface area contributed by atoms with Gasteiger partial charge in [0.15, 0.2) is 0 Å². The lowest BCUT2D eigenvalue weighted by molar-refractivity contribution is -0.154. The van der Waals surface area contributed by atoms with Crippen LogP contribution in [0.4, 0.5) is 0 Å². The number of aliphatic hydroxyl groups is 1. The number of nitrogens with one attached hydrogen (secondary N) is 1. The Morgan fingerprint density at radius 2 is 2.03 bits per heavy atom. The van der Waals surface area contributed by atoms with Gasteiger partial charge in [0.05, 0.1) is 23.2 Å². The van der Waals surface area contributed by atoms with Gasteiger partial charge in [0, 0.05) is 24.9 Å². The number of likely N-dealkylation sites (tertiary alicyclic amines) is 1. The van der Waals surface area contributed by atoms with Gasteiger partial charge in [-0.25, -0.2) is 0 Å². The van der Waals surface area contributed by atoms with Crippen LogP contribution >= 0.6 is 11.8 Å². The first-order valence-corrected chi connectivity index (χ1v) is 12.3. The maximum Gasteiger partial charge on any atom is 0.310 e. The molecular formula is C22H36N2O5S. The van der Waals surface area contributed by atoms with Gasteiger partial charge in [-0.3, -0.25) is 14.4 Å². The summed E-state index contributed by atoms with van der Waals surface area (Å²) in [5.41, 5.74) is 0. The van der Waals surface area contributed by atoms with Gasteiger partial charge in [0.2, 0.25) is 11.8 Å². The lowest BCUT2D eigenvalue weighted by atomic mass is 9.66. The molecule has 0 aromatic carbocycles. The van der Waals surface area contributed by atoms with E-state index < -0.39 is 22.6 Å². The monoisotopic (exact) mass is 440 g/mol. The van der Waals surface area contributed by atoms with Crippen molar-refractivity contribution in [3.63, 3.8) is 0 Å². The van der Waals surface area contributed by atoms with Gasteiger partial charge >= 0.3 is 5.97 Å². The average Bonchev–Trinajstić information content (AvgIpc) is 3.29. The van der Waals surface area contributed by atoms with E-state index in [1.54, 1.807) is 23.6 Å². The Kier molecular flexibility index (Phi) is 7.71. The predicted octanol–water partition coefficient (Wildman–Crippen LogP) is 1.97. The molecular weight excluding hydrogens is 404 g/mol. The highest BCUT2D eigenvalue weighted by molar-refractivity contribution is 8.02. The van der Waals surface area contributed by atoms with E-state index in [4.69, 9.17) is 9.84 Å². The summed E-state index contributed by atoms with van der Waals surface area (Å²) in [6.45, 7) is 7.48. The lowest BCUT2D eigenvalue weighted by Gasteiger charge is -2.38. The third-order valence-electron chi connectivity index (χ3n) is 6.94. The molecule has 0 saturated carbocycles. The van der Waals surface area contributed by atoms with E-state index in [0.717, 1.165) is 32.1 Å². The van der Waals surface area contributed by atoms with Gasteiger partial charge in [-0.05, 0) is 44.9 Å². The maximum atomic E-state index is 13.6. The second-order valence-corrected chi connectivity index (χ2v) is 10.3. The Morgan fingerprint density at radius 3 is 2.70 bits per heavy atom. The molecule has 3 saturated heterocycles. The molecule has 8 heteroatoms. The number of hydrogen-bond donors (Lipinski definition) is 2. The second-order valence-electron chi connectivity index (χ2n) is 8.77. The number of carbonyl (C=O) groups excluding carboxylic acids is 3. The Balaban J connectivity index is 1.90. The van der Waals surface area contributed by atoms with Gasteiger partial charge in [-0.1, -0.05) is 20.3 Å². The van der Waals surface area contributed by atoms with Crippen LogP contribution in [0.2, 0.25) is 0 Å². The Hall–Kier alpha value is -1.28. The first kappa shape index (κ1) is 23.4. The minimum atomic E-state index is -0.563. The largest absolute Gasteiger partial charge is 0.466 e. The molecule has 30 heavy (non-hydrogen) atoms. The van der Waals surface area contributed by atoms with Crippen LogP contribution in [-0.2, 0) is 19.1 Å². The third-order valence-corrected chi connectivity index (χ3v) is 9.02. The molecule has 1 spiro atoms. The zero-order valence-electron chi connectivity index (χ0n) is 18.4. The zero-order chi connectivity index (χ0) is 21.9. The van der Waals surface area contributed by atoms with Crippen LogP contribution in [0.15, 0.2) is 0 Å². The van der Waals surface area contributed by atoms with Gasteiger partial charge in [-0.15, -0.1) is 11.8 Å². The van der Waals surface area contributed by atoms with Crippen LogP contribution in [0.5, 0.6) is 0 Å². The molecule has 170 valence electrons. The summed E-state index contributed by atoms with van der Waals surface area (Å²) in [6, 6.07) is -0.551. The summed E-state index contributed by atoms with van der Waals surface area (Å²) in [4.78, 5) is 41.5. The van der Waals surface area contributed by atoms with Gasteiger partial charge in [-0.2, -0.15) is 0 Å². The van der Waals surface area contributed by atoms with E-state index in [1.807, 2.05) is 0 Å². The first-order chi connectivity index (χ1) is 14.4. The Bertz CT molecular complexity index is 659. The highest BCUT2D eigenvalue weighted by Gasteiger charge is 2.76. The number of nitrogens with zero attached hydrogens (tertiary/aromatic N) is 1. The molecule has 3 unspecified atom stereocenters. The molecule has 2 amide bonds. The number of hydrogen-bond acceptors (Lipinski definition) is 6. The fourth-order valence-electron chi connectivity index (χ4n) is 5.62. The molecule has 3 rings (SSSR count). The quantitative estimate of drug-likeness (QED) is 0.377. The number of unbranched alkanes of at least 4 members (excludes halogenated alkanes) is 3. The lowest BCUT2D eigenvalue weighted by Crippen LogP contribution is -2.56. The number of amides is 2. The maximum absolute atomic E-state index is 13.6. The third kappa shape index (κ3) is 3.85. The number of esters is 1. The molecule has 2 N–H and O–H groups in total. The van der Waals surface area contributed by atoms with Crippen molar-refractivity contribution in [3.8, 4) is 0 Å². The summed E-state index contributed by atoms with van der Waals surface area (Å²) in [6.07, 6.45) is 4.93. The van der Waals surface area contributed by atoms with Crippen molar-refractivity contribution >= 4 is 29.5 Å². The number of ether oxygens (including phenoxy) is 1. The van der Waals surface area contributed by atoms with Crippen LogP contribution in [0, 0.1) is 17.8 Å². The summed E-state index contributed by atoms with van der Waals surface area (Å²) >= 11 is 1.68. The number of carbonyl (C=O) groups is 3. The van der Waals surface area contributed by atoms with Crippen molar-refractivity contribution in [2.75, 3.05) is 26.3 Å². The Morgan fingerprint density at radius 1 is 1.27 bits per heavy atom. The van der Waals surface area contributed by atoms with Crippen LogP contribution < -0.4 is 5.32 Å². The number of thioether (sulfide) groups is 1. The van der Waals surface area contributed by atoms with E-state index in [9.17, 15) is 14.4 Å². The minimum Gasteiger partial charge on any atom is -0.466 e. The smallest absolute Gasteiger partial charge is 0.310 e. The van der Waals surface area contributed by atoms with Crippen LogP contribution in [0.3, 0.4) is 0 Å². The van der Waals surface area contributed by atoms with E-state index in [2.05, 4.69) is 19.2 Å². The molecule has 2 bridgehead atoms. The van der Waals surface area contributed by atoms with Crippen molar-refractivity contribution in [2.24, 2.45) is 17.8 Å². The van der Waals surface area contributed by atoms with Crippen LogP contribution in [0.25, 0.3) is 0 Å². The van der Waals surface area contributed by atoms with E-state index >= 15 is 0 Å². The summed E-state index contributed by atoms with van der Waals surface area (Å²) in [7, 11) is 0. The average molecular weight is 441 g/mol. The summed E-state index contributed by atoms with van der Waals surface area (Å²) in [5.74, 6) is -1.24. The van der Waals surface area contributed by atoms with Gasteiger partial charge in [0.1, 0.15) is 6.04 Å². The molecule has 3 aliphatic rings. The molecule has 3 aliphatic heterocycles. The summed E-state index contributed by atoms with van der Waals surface area (Å²) < 4.78 is 4.78. The SMILES string of the molecule is CCCCNC(=O)C1N(CCCCCO)C(=O)[C@@H]2[C@@H](C(=O)OCC)[C@H]3CC(C)C12S3. The van der Waals surface area contributed by atoms with Crippen molar-refractivity contribution in [1.82, 2.24) is 10.2 Å². The molecule has 3 fully saturated rings. The molecule has 3 heterocycles. The minimum absolute atomic E-state index is 0.0375. The second kappa shape index (κ2) is 9.90. The van der Waals surface area contributed by atoms with E-state index in [0.29, 0.717) is 26.1 Å². The van der Waals surface area contributed by atoms with Crippen molar-refractivity contribution in [1.29, 1.82) is 0 Å². The van der Waals surface area contributed by atoms with Crippen molar-refractivity contribution in [2.45, 2.75) is 75.3 Å². The summed E-state index contributed by atoms with van der Waals surface area (Å²) in [5, 5.41) is 12.2. The molecule has 6 atom stereocenters.